The molecular formula is C21H32O3. The fourth-order valence-corrected chi connectivity index (χ4v) is 6.78. The average Bonchev–Trinajstić information content (AvgIpc) is 2.97. The molecule has 0 radical (unpaired) electrons. The highest BCUT2D eigenvalue weighted by atomic mass is 16.3. The Morgan fingerprint density at radius 3 is 2.75 bits per heavy atom. The van der Waals surface area contributed by atoms with Gasteiger partial charge in [0.2, 0.25) is 0 Å². The Balaban J connectivity index is 1.73. The van der Waals surface area contributed by atoms with Gasteiger partial charge in [0.05, 0.1) is 18.5 Å². The van der Waals surface area contributed by atoms with Crippen molar-refractivity contribution in [3.05, 3.63) is 23.7 Å². The number of hydrogen-bond donors (Lipinski definition) is 2. The minimum Gasteiger partial charge on any atom is -0.469 e. The van der Waals surface area contributed by atoms with Crippen molar-refractivity contribution in [3.8, 4) is 0 Å². The molecular weight excluding hydrogens is 300 g/mol. The van der Waals surface area contributed by atoms with E-state index in [9.17, 15) is 10.2 Å². The van der Waals surface area contributed by atoms with Crippen molar-refractivity contribution in [2.24, 2.45) is 22.7 Å². The fraction of sp³-hybridized carbons (Fsp3) is 0.810. The molecule has 3 nitrogen and oxygen atoms in total. The van der Waals surface area contributed by atoms with Crippen LogP contribution in [-0.2, 0) is 6.42 Å². The third-order valence-corrected chi connectivity index (χ3v) is 8.27. The Bertz CT molecular complexity index is 622. The van der Waals surface area contributed by atoms with Gasteiger partial charge < -0.3 is 14.6 Å². The van der Waals surface area contributed by atoms with Crippen LogP contribution in [0.2, 0.25) is 0 Å². The Morgan fingerprint density at radius 2 is 2.00 bits per heavy atom. The summed E-state index contributed by atoms with van der Waals surface area (Å²) in [5.41, 5.74) is 0.932. The molecule has 3 heteroatoms. The highest BCUT2D eigenvalue weighted by Crippen LogP contribution is 2.66. The zero-order valence-electron chi connectivity index (χ0n) is 15.3. The second-order valence-electron chi connectivity index (χ2n) is 9.52. The van der Waals surface area contributed by atoms with Crippen LogP contribution in [0.1, 0.15) is 76.5 Å². The maximum absolute atomic E-state index is 11.1. The molecule has 0 saturated heterocycles. The van der Waals surface area contributed by atoms with Crippen molar-refractivity contribution in [2.45, 2.75) is 77.2 Å². The summed E-state index contributed by atoms with van der Waals surface area (Å²) in [4.78, 5) is 0. The molecule has 3 aliphatic rings. The molecule has 4 rings (SSSR count). The predicted molar refractivity (Wildman–Crippen MR) is 93.8 cm³/mol. The fourth-order valence-electron chi connectivity index (χ4n) is 6.78. The summed E-state index contributed by atoms with van der Waals surface area (Å²) in [5.74, 6) is 2.57. The topological polar surface area (TPSA) is 53.6 Å². The van der Waals surface area contributed by atoms with Crippen LogP contribution in [0.15, 0.2) is 16.7 Å². The Hall–Kier alpha value is -0.800. The number of furan rings is 1. The maximum Gasteiger partial charge on any atom is 0.107 e. The molecule has 134 valence electrons. The molecule has 0 aliphatic heterocycles. The van der Waals surface area contributed by atoms with Crippen LogP contribution in [0.5, 0.6) is 0 Å². The van der Waals surface area contributed by atoms with Gasteiger partial charge in [0, 0.05) is 6.42 Å². The summed E-state index contributed by atoms with van der Waals surface area (Å²) in [5, 5.41) is 21.0. The SMILES string of the molecule is C[C@H]1CCC2[C@](C)(CC[C@@H]3c4ccoc4CC[C@@]23C)C[C@]1(O)CO. The largest absolute Gasteiger partial charge is 0.469 e. The van der Waals surface area contributed by atoms with Crippen LogP contribution in [0.25, 0.3) is 0 Å². The lowest BCUT2D eigenvalue weighted by Gasteiger charge is -2.58. The number of aryl methyl sites for hydroxylation is 1. The molecule has 6 atom stereocenters. The van der Waals surface area contributed by atoms with E-state index in [-0.39, 0.29) is 23.4 Å². The molecule has 1 heterocycles. The van der Waals surface area contributed by atoms with Crippen molar-refractivity contribution in [3.63, 3.8) is 0 Å². The van der Waals surface area contributed by atoms with Gasteiger partial charge >= 0.3 is 0 Å². The van der Waals surface area contributed by atoms with E-state index in [2.05, 4.69) is 26.8 Å². The molecule has 1 aromatic rings. The van der Waals surface area contributed by atoms with E-state index in [1.807, 2.05) is 6.26 Å². The Kier molecular flexibility index (Phi) is 3.71. The number of hydrogen-bond acceptors (Lipinski definition) is 3. The van der Waals surface area contributed by atoms with Gasteiger partial charge in [-0.15, -0.1) is 0 Å². The van der Waals surface area contributed by atoms with E-state index in [1.54, 1.807) is 0 Å². The van der Waals surface area contributed by atoms with Crippen LogP contribution in [0.3, 0.4) is 0 Å². The molecule has 3 aliphatic carbocycles. The highest BCUT2D eigenvalue weighted by molar-refractivity contribution is 5.30. The maximum atomic E-state index is 11.1. The van der Waals surface area contributed by atoms with Gasteiger partial charge in [-0.25, -0.2) is 0 Å². The summed E-state index contributed by atoms with van der Waals surface area (Å²) >= 11 is 0. The molecule has 0 aromatic carbocycles. The van der Waals surface area contributed by atoms with Gasteiger partial charge in [-0.1, -0.05) is 20.8 Å². The average molecular weight is 332 g/mol. The standard InChI is InChI=1S/C21H32O3/c1-14-4-5-18-19(2,12-21(14,23)13-22)9-6-16-15-8-11-24-17(15)7-10-20(16,18)3/h8,11,14,16,18,22-23H,4-7,9-10,12-13H2,1-3H3/t14-,16+,18?,19+,20+,21-/m0/s1. The molecule has 1 aromatic heterocycles. The summed E-state index contributed by atoms with van der Waals surface area (Å²) in [7, 11) is 0. The normalized spacial score (nSPS) is 48.1. The zero-order chi connectivity index (χ0) is 17.2. The van der Waals surface area contributed by atoms with Crippen LogP contribution in [-0.4, -0.2) is 22.4 Å². The van der Waals surface area contributed by atoms with Crippen LogP contribution in [0, 0.1) is 22.7 Å². The lowest BCUT2D eigenvalue weighted by Crippen LogP contribution is -2.51. The van der Waals surface area contributed by atoms with Gasteiger partial charge in [0.15, 0.2) is 0 Å². The summed E-state index contributed by atoms with van der Waals surface area (Å²) in [6, 6.07) is 2.20. The van der Waals surface area contributed by atoms with Gasteiger partial charge in [0.25, 0.3) is 0 Å². The second-order valence-corrected chi connectivity index (χ2v) is 9.52. The molecule has 2 fully saturated rings. The van der Waals surface area contributed by atoms with E-state index >= 15 is 0 Å². The number of fused-ring (bicyclic) bond motifs is 5. The first-order valence-electron chi connectivity index (χ1n) is 9.72. The predicted octanol–water partition coefficient (Wildman–Crippen LogP) is 4.28. The highest BCUT2D eigenvalue weighted by Gasteiger charge is 2.58. The number of rotatable bonds is 1. The smallest absolute Gasteiger partial charge is 0.107 e. The molecule has 2 saturated carbocycles. The van der Waals surface area contributed by atoms with Gasteiger partial charge in [-0.3, -0.25) is 0 Å². The molecule has 2 N–H and O–H groups in total. The van der Waals surface area contributed by atoms with Crippen molar-refractivity contribution in [2.75, 3.05) is 6.61 Å². The quantitative estimate of drug-likeness (QED) is 0.807. The zero-order valence-corrected chi connectivity index (χ0v) is 15.3. The second kappa shape index (κ2) is 5.35. The minimum absolute atomic E-state index is 0.109. The van der Waals surface area contributed by atoms with Crippen molar-refractivity contribution in [1.29, 1.82) is 0 Å². The molecule has 0 amide bonds. The third kappa shape index (κ3) is 2.17. The number of aliphatic hydroxyl groups excluding tert-OH is 1. The van der Waals surface area contributed by atoms with E-state index < -0.39 is 5.60 Å². The lowest BCUT2D eigenvalue weighted by atomic mass is 9.46. The first-order valence-corrected chi connectivity index (χ1v) is 9.72. The molecule has 0 spiro atoms. The Labute approximate surface area is 145 Å². The number of aliphatic hydroxyl groups is 2. The summed E-state index contributed by atoms with van der Waals surface area (Å²) in [6.07, 6.45) is 9.32. The van der Waals surface area contributed by atoms with Crippen LogP contribution in [0.4, 0.5) is 0 Å². The lowest BCUT2D eigenvalue weighted by molar-refractivity contribution is -0.110. The van der Waals surface area contributed by atoms with E-state index in [1.165, 1.54) is 30.6 Å². The van der Waals surface area contributed by atoms with Crippen molar-refractivity contribution in [1.82, 2.24) is 0 Å². The molecule has 0 bridgehead atoms. The third-order valence-electron chi connectivity index (χ3n) is 8.27. The van der Waals surface area contributed by atoms with E-state index in [4.69, 9.17) is 4.42 Å². The minimum atomic E-state index is -0.915. The first kappa shape index (κ1) is 16.7. The van der Waals surface area contributed by atoms with Crippen LogP contribution >= 0.6 is 0 Å². The van der Waals surface area contributed by atoms with E-state index in [0.29, 0.717) is 11.8 Å². The van der Waals surface area contributed by atoms with Gasteiger partial charge in [0.1, 0.15) is 5.76 Å². The van der Waals surface area contributed by atoms with Gasteiger partial charge in [-0.2, -0.15) is 0 Å². The molecule has 24 heavy (non-hydrogen) atoms. The summed E-state index contributed by atoms with van der Waals surface area (Å²) < 4.78 is 5.73. The molecule has 1 unspecified atom stereocenters. The van der Waals surface area contributed by atoms with Crippen molar-refractivity contribution >= 4 is 0 Å². The summed E-state index contributed by atoms with van der Waals surface area (Å²) in [6.45, 7) is 6.88. The first-order chi connectivity index (χ1) is 11.3. The van der Waals surface area contributed by atoms with Crippen molar-refractivity contribution < 1.29 is 14.6 Å². The van der Waals surface area contributed by atoms with Crippen LogP contribution < -0.4 is 0 Å². The monoisotopic (exact) mass is 332 g/mol. The Morgan fingerprint density at radius 1 is 1.21 bits per heavy atom. The van der Waals surface area contributed by atoms with E-state index in [0.717, 1.165) is 25.7 Å². The van der Waals surface area contributed by atoms with Gasteiger partial charge in [-0.05, 0) is 78.7 Å².